The number of aromatic amines is 1. The normalized spacial score (nSPS) is 11.6. The number of carbonyl (C=O) groups excluding carboxylic acids is 2. The van der Waals surface area contributed by atoms with Crippen LogP contribution >= 0.6 is 0 Å². The number of aryl methyl sites for hydroxylation is 1. The number of methoxy groups -OCH3 is 2. The first-order valence-corrected chi connectivity index (χ1v) is 13.0. The van der Waals surface area contributed by atoms with Crippen LogP contribution in [-0.2, 0) is 33.8 Å². The molecule has 39 heavy (non-hydrogen) atoms. The van der Waals surface area contributed by atoms with Crippen molar-refractivity contribution in [2.75, 3.05) is 27.4 Å². The molecule has 0 aliphatic carbocycles. The zero-order valence-corrected chi connectivity index (χ0v) is 22.4. The van der Waals surface area contributed by atoms with Gasteiger partial charge in [-0.25, -0.2) is 0 Å². The third-order valence-electron chi connectivity index (χ3n) is 6.50. The highest BCUT2D eigenvalue weighted by atomic mass is 16.5. The van der Waals surface area contributed by atoms with Crippen LogP contribution in [0.15, 0.2) is 79.0 Å². The Balaban J connectivity index is 1.38. The second kappa shape index (κ2) is 14.0. The number of hydrogen-bond donors (Lipinski definition) is 3. The molecule has 0 saturated carbocycles. The Hall–Kier alpha value is -4.30. The Kier molecular flexibility index (Phi) is 9.97. The standard InChI is InChI=1S/C31H35N3O5/c1-37-20-23-10-4-8-14-29(23)39-21-31(36)34-25(17-24-18-32-27-12-6-5-11-26(24)27)19-33-30(35)16-15-22-9-3-7-13-28(22)38-2/h3-14,18,25,32H,15-17,19-21H2,1-2H3,(H,33,35)(H,34,36)/t25-/m1/s1. The Labute approximate surface area is 228 Å². The molecule has 0 fully saturated rings. The number of amides is 2. The highest BCUT2D eigenvalue weighted by Crippen LogP contribution is 2.21. The van der Waals surface area contributed by atoms with Crippen LogP contribution in [0.2, 0.25) is 0 Å². The van der Waals surface area contributed by atoms with Crippen molar-refractivity contribution in [2.24, 2.45) is 0 Å². The van der Waals surface area contributed by atoms with E-state index in [4.69, 9.17) is 14.2 Å². The van der Waals surface area contributed by atoms with Crippen LogP contribution in [0.3, 0.4) is 0 Å². The Morgan fingerprint density at radius 3 is 2.36 bits per heavy atom. The van der Waals surface area contributed by atoms with Gasteiger partial charge >= 0.3 is 0 Å². The molecule has 0 saturated heterocycles. The number of hydrogen-bond acceptors (Lipinski definition) is 5. The van der Waals surface area contributed by atoms with Gasteiger partial charge in [0, 0.05) is 42.7 Å². The van der Waals surface area contributed by atoms with E-state index >= 15 is 0 Å². The van der Waals surface area contributed by atoms with Gasteiger partial charge in [-0.1, -0.05) is 54.6 Å². The van der Waals surface area contributed by atoms with Crippen LogP contribution < -0.4 is 20.1 Å². The topological polar surface area (TPSA) is 102 Å². The van der Waals surface area contributed by atoms with Gasteiger partial charge in [0.05, 0.1) is 19.8 Å². The van der Waals surface area contributed by atoms with Gasteiger partial charge in [0.25, 0.3) is 5.91 Å². The first-order valence-electron chi connectivity index (χ1n) is 13.0. The number of ether oxygens (including phenoxy) is 3. The van der Waals surface area contributed by atoms with E-state index in [-0.39, 0.29) is 31.0 Å². The van der Waals surface area contributed by atoms with Gasteiger partial charge in [-0.15, -0.1) is 0 Å². The molecule has 8 heteroatoms. The largest absolute Gasteiger partial charge is 0.496 e. The molecular weight excluding hydrogens is 494 g/mol. The SMILES string of the molecule is COCc1ccccc1OCC(=O)N[C@@H](CNC(=O)CCc1ccccc1OC)Cc1c[nH]c2ccccc12. The number of H-pyrrole nitrogens is 1. The Morgan fingerprint density at radius 2 is 1.56 bits per heavy atom. The molecule has 1 aromatic heterocycles. The molecule has 8 nitrogen and oxygen atoms in total. The maximum absolute atomic E-state index is 12.9. The smallest absolute Gasteiger partial charge is 0.258 e. The molecule has 3 aromatic carbocycles. The minimum absolute atomic E-state index is 0.0937. The highest BCUT2D eigenvalue weighted by Gasteiger charge is 2.18. The molecule has 204 valence electrons. The van der Waals surface area contributed by atoms with Crippen LogP contribution in [0, 0.1) is 0 Å². The van der Waals surface area contributed by atoms with Crippen LogP contribution in [0.4, 0.5) is 0 Å². The zero-order valence-electron chi connectivity index (χ0n) is 22.4. The van der Waals surface area contributed by atoms with Crippen molar-refractivity contribution in [3.63, 3.8) is 0 Å². The van der Waals surface area contributed by atoms with Gasteiger partial charge in [-0.2, -0.15) is 0 Å². The van der Waals surface area contributed by atoms with Crippen molar-refractivity contribution < 1.29 is 23.8 Å². The van der Waals surface area contributed by atoms with Gasteiger partial charge in [0.1, 0.15) is 11.5 Å². The summed E-state index contributed by atoms with van der Waals surface area (Å²) in [5, 5.41) is 7.13. The van der Waals surface area contributed by atoms with Gasteiger partial charge < -0.3 is 29.8 Å². The summed E-state index contributed by atoms with van der Waals surface area (Å²) in [4.78, 5) is 28.9. The minimum Gasteiger partial charge on any atom is -0.496 e. The fraction of sp³-hybridized carbons (Fsp3) is 0.290. The molecule has 1 heterocycles. The summed E-state index contributed by atoms with van der Waals surface area (Å²) in [6.45, 7) is 0.533. The molecule has 4 aromatic rings. The van der Waals surface area contributed by atoms with Crippen LogP contribution in [-0.4, -0.2) is 50.2 Å². The van der Waals surface area contributed by atoms with Crippen LogP contribution in [0.5, 0.6) is 11.5 Å². The maximum Gasteiger partial charge on any atom is 0.258 e. The van der Waals surface area contributed by atoms with E-state index < -0.39 is 0 Å². The molecule has 4 rings (SSSR count). The Bertz CT molecular complexity index is 1380. The maximum atomic E-state index is 12.9. The fourth-order valence-electron chi connectivity index (χ4n) is 4.56. The van der Waals surface area contributed by atoms with Crippen molar-refractivity contribution in [3.05, 3.63) is 95.7 Å². The second-order valence-corrected chi connectivity index (χ2v) is 9.27. The van der Waals surface area contributed by atoms with E-state index in [1.165, 1.54) is 0 Å². The first kappa shape index (κ1) is 27.7. The van der Waals surface area contributed by atoms with Crippen LogP contribution in [0.1, 0.15) is 23.1 Å². The Morgan fingerprint density at radius 1 is 0.846 bits per heavy atom. The van der Waals surface area contributed by atoms with Gasteiger partial charge in [-0.3, -0.25) is 9.59 Å². The lowest BCUT2D eigenvalue weighted by atomic mass is 10.0. The first-order chi connectivity index (χ1) is 19.1. The molecule has 0 bridgehead atoms. The number of rotatable bonds is 14. The highest BCUT2D eigenvalue weighted by molar-refractivity contribution is 5.83. The monoisotopic (exact) mass is 529 g/mol. The molecule has 3 N–H and O–H groups in total. The molecule has 2 amide bonds. The summed E-state index contributed by atoms with van der Waals surface area (Å²) in [7, 11) is 3.24. The summed E-state index contributed by atoms with van der Waals surface area (Å²) in [5.74, 6) is 1.01. The predicted octanol–water partition coefficient (Wildman–Crippen LogP) is 4.18. The van der Waals surface area contributed by atoms with E-state index in [0.717, 1.165) is 33.3 Å². The average Bonchev–Trinajstić information content (AvgIpc) is 3.37. The molecule has 0 unspecified atom stereocenters. The van der Waals surface area contributed by atoms with E-state index in [2.05, 4.69) is 15.6 Å². The van der Waals surface area contributed by atoms with E-state index in [9.17, 15) is 9.59 Å². The molecule has 0 spiro atoms. The van der Waals surface area contributed by atoms with E-state index in [0.29, 0.717) is 31.6 Å². The number of fused-ring (bicyclic) bond motifs is 1. The number of nitrogens with one attached hydrogen (secondary N) is 3. The van der Waals surface area contributed by atoms with Gasteiger partial charge in [-0.05, 0) is 42.2 Å². The van der Waals surface area contributed by atoms with Crippen LogP contribution in [0.25, 0.3) is 10.9 Å². The zero-order chi connectivity index (χ0) is 27.5. The fourth-order valence-corrected chi connectivity index (χ4v) is 4.56. The quantitative estimate of drug-likeness (QED) is 0.228. The molecular formula is C31H35N3O5. The lowest BCUT2D eigenvalue weighted by molar-refractivity contribution is -0.125. The lowest BCUT2D eigenvalue weighted by Gasteiger charge is -2.20. The van der Waals surface area contributed by atoms with Crippen molar-refractivity contribution in [3.8, 4) is 11.5 Å². The number of benzene rings is 3. The number of carbonyl (C=O) groups is 2. The predicted molar refractivity (Wildman–Crippen MR) is 151 cm³/mol. The summed E-state index contributed by atoms with van der Waals surface area (Å²) >= 11 is 0. The molecule has 1 atom stereocenters. The molecule has 0 aliphatic heterocycles. The second-order valence-electron chi connectivity index (χ2n) is 9.27. The third kappa shape index (κ3) is 7.85. The number of aromatic nitrogens is 1. The summed E-state index contributed by atoms with van der Waals surface area (Å²) in [6.07, 6.45) is 3.37. The summed E-state index contributed by atoms with van der Waals surface area (Å²) < 4.78 is 16.4. The van der Waals surface area contributed by atoms with Gasteiger partial charge in [0.2, 0.25) is 5.91 Å². The van der Waals surface area contributed by atoms with E-state index in [1.807, 2.05) is 79.0 Å². The van der Waals surface area contributed by atoms with Crippen molar-refractivity contribution in [2.45, 2.75) is 31.9 Å². The summed E-state index contributed by atoms with van der Waals surface area (Å²) in [6, 6.07) is 22.8. The third-order valence-corrected chi connectivity index (χ3v) is 6.50. The molecule has 0 radical (unpaired) electrons. The molecule has 0 aliphatic rings. The number of para-hydroxylation sites is 3. The van der Waals surface area contributed by atoms with Crippen molar-refractivity contribution in [1.29, 1.82) is 0 Å². The van der Waals surface area contributed by atoms with Gasteiger partial charge in [0.15, 0.2) is 6.61 Å². The van der Waals surface area contributed by atoms with Crippen molar-refractivity contribution in [1.82, 2.24) is 15.6 Å². The average molecular weight is 530 g/mol. The van der Waals surface area contributed by atoms with E-state index in [1.54, 1.807) is 14.2 Å². The lowest BCUT2D eigenvalue weighted by Crippen LogP contribution is -2.46. The van der Waals surface area contributed by atoms with Crippen molar-refractivity contribution >= 4 is 22.7 Å². The summed E-state index contributed by atoms with van der Waals surface area (Å²) in [5.41, 5.74) is 3.93. The minimum atomic E-state index is -0.329.